The molecule has 0 spiro atoms. The van der Waals surface area contributed by atoms with Crippen LogP contribution < -0.4 is 11.1 Å². The number of ether oxygens (including phenoxy) is 1. The quantitative estimate of drug-likeness (QED) is 0.120. The third-order valence-electron chi connectivity index (χ3n) is 11.2. The fourth-order valence-electron chi connectivity index (χ4n) is 8.32. The lowest BCUT2D eigenvalue weighted by atomic mass is 9.76. The van der Waals surface area contributed by atoms with Crippen LogP contribution in [0.4, 0.5) is 0 Å². The van der Waals surface area contributed by atoms with Gasteiger partial charge in [-0.3, -0.25) is 33.6 Å². The molecule has 0 aromatic rings. The van der Waals surface area contributed by atoms with Crippen molar-refractivity contribution >= 4 is 46.8 Å². The summed E-state index contributed by atoms with van der Waals surface area (Å²) >= 11 is 0. The molecular formula is C39H61N3O10. The van der Waals surface area contributed by atoms with E-state index in [0.717, 1.165) is 64.2 Å². The number of unbranched alkanes of at least 4 members (excludes halogenated alkanes) is 1. The molecule has 0 bridgehead atoms. The molecule has 52 heavy (non-hydrogen) atoms. The zero-order chi connectivity index (χ0) is 38.2. The average molecular weight is 732 g/mol. The Hall–Kier alpha value is -3.48. The van der Waals surface area contributed by atoms with E-state index in [-0.39, 0.29) is 56.3 Å². The molecule has 3 amide bonds. The van der Waals surface area contributed by atoms with Crippen LogP contribution in [0.1, 0.15) is 142 Å². The number of carbonyl (C=O) groups excluding carboxylic acids is 7. The second-order valence-corrected chi connectivity index (χ2v) is 15.3. The molecule has 1 heterocycles. The number of nitrogens with one attached hydrogen (secondary N) is 1. The first-order chi connectivity index (χ1) is 24.8. The van der Waals surface area contributed by atoms with Gasteiger partial charge in [-0.1, -0.05) is 78.1 Å². The van der Waals surface area contributed by atoms with E-state index in [4.69, 9.17) is 10.5 Å². The number of carbonyl (C=O) groups is 8. The largest absolute Gasteiger partial charge is 0.480 e. The van der Waals surface area contributed by atoms with Gasteiger partial charge in [0, 0.05) is 56.9 Å². The number of rotatable bonds is 24. The highest BCUT2D eigenvalue weighted by Crippen LogP contribution is 2.37. The summed E-state index contributed by atoms with van der Waals surface area (Å²) in [6, 6.07) is -1.86. The maximum atomic E-state index is 14.5. The van der Waals surface area contributed by atoms with Crippen molar-refractivity contribution in [1.82, 2.24) is 10.2 Å². The normalized spacial score (nSPS) is 21.3. The van der Waals surface area contributed by atoms with Crippen LogP contribution in [0.25, 0.3) is 0 Å². The molecule has 292 valence electrons. The van der Waals surface area contributed by atoms with Crippen LogP contribution in [-0.2, 0) is 43.1 Å². The zero-order valence-electron chi connectivity index (χ0n) is 31.2. The van der Waals surface area contributed by atoms with Gasteiger partial charge in [0.25, 0.3) is 0 Å². The van der Waals surface area contributed by atoms with Crippen LogP contribution in [0.3, 0.4) is 0 Å². The summed E-state index contributed by atoms with van der Waals surface area (Å²) in [6.07, 6.45) is 10.3. The number of ketones is 4. The van der Waals surface area contributed by atoms with E-state index >= 15 is 0 Å². The molecule has 5 atom stereocenters. The van der Waals surface area contributed by atoms with Crippen molar-refractivity contribution in [2.75, 3.05) is 13.2 Å². The Morgan fingerprint density at radius 3 is 2.15 bits per heavy atom. The Balaban J connectivity index is 1.74. The number of hydrogen-bond acceptors (Lipinski definition) is 9. The van der Waals surface area contributed by atoms with Crippen molar-refractivity contribution in [2.45, 2.75) is 160 Å². The second kappa shape index (κ2) is 21.9. The van der Waals surface area contributed by atoms with Crippen molar-refractivity contribution in [1.29, 1.82) is 0 Å². The van der Waals surface area contributed by atoms with Gasteiger partial charge in [-0.15, -0.1) is 0 Å². The molecule has 3 aliphatic rings. The van der Waals surface area contributed by atoms with Crippen molar-refractivity contribution < 1.29 is 48.2 Å². The summed E-state index contributed by atoms with van der Waals surface area (Å²) < 4.78 is 5.58. The number of Topliss-reactive ketones (excluding diaryl/α,β-unsaturated/α-hetero) is 4. The Morgan fingerprint density at radius 2 is 1.54 bits per heavy atom. The standard InChI is InChI=1S/C39H61N3O10/c1-3-5-16-31(38(40)50)41-35(46)18-17-33(44)37(49)27(11-4-2)20-34(45)32-22-29(52-24-36(47)48)23-42(32)39(51)30(26-14-7-6-8-15-26)21-28(43)19-25-12-9-10-13-25/h25-27,29-32H,3-24H2,1-2H3,(H2,40,50)(H,41,46)(H,47,48)/t27?,29-,30?,31?,32+/m1/s1. The van der Waals surface area contributed by atoms with Crippen molar-refractivity contribution in [2.24, 2.45) is 29.4 Å². The molecule has 4 N–H and O–H groups in total. The molecule has 2 aliphatic carbocycles. The van der Waals surface area contributed by atoms with Crippen molar-refractivity contribution in [3.8, 4) is 0 Å². The summed E-state index contributed by atoms with van der Waals surface area (Å²) in [5.41, 5.74) is 5.39. The molecule has 0 radical (unpaired) electrons. The number of hydrogen-bond donors (Lipinski definition) is 3. The van der Waals surface area contributed by atoms with Crippen LogP contribution in [-0.4, -0.2) is 88.2 Å². The van der Waals surface area contributed by atoms with Gasteiger partial charge in [0.05, 0.1) is 12.1 Å². The Labute approximate surface area is 307 Å². The average Bonchev–Trinajstić information content (AvgIpc) is 3.80. The predicted octanol–water partition coefficient (Wildman–Crippen LogP) is 4.25. The summed E-state index contributed by atoms with van der Waals surface area (Å²) in [6.45, 7) is 3.15. The number of likely N-dealkylation sites (tertiary alicyclic amines) is 1. The molecule has 0 aromatic carbocycles. The molecule has 13 nitrogen and oxygen atoms in total. The first kappa shape index (κ1) is 42.9. The fourth-order valence-corrected chi connectivity index (χ4v) is 8.32. The van der Waals surface area contributed by atoms with Gasteiger partial charge in [0.1, 0.15) is 18.4 Å². The van der Waals surface area contributed by atoms with Gasteiger partial charge in [-0.05, 0) is 37.5 Å². The van der Waals surface area contributed by atoms with E-state index < -0.39 is 78.2 Å². The molecule has 3 fully saturated rings. The Bertz CT molecular complexity index is 1270. The minimum atomic E-state index is -1.18. The number of nitrogens with two attached hydrogens (primary N) is 1. The Kier molecular flexibility index (Phi) is 18.1. The van der Waals surface area contributed by atoms with E-state index in [0.29, 0.717) is 31.6 Å². The number of nitrogens with zero attached hydrogens (tertiary/aromatic N) is 1. The van der Waals surface area contributed by atoms with Crippen LogP contribution in [0.5, 0.6) is 0 Å². The van der Waals surface area contributed by atoms with E-state index in [9.17, 15) is 43.5 Å². The van der Waals surface area contributed by atoms with Gasteiger partial charge < -0.3 is 25.8 Å². The third-order valence-corrected chi connectivity index (χ3v) is 11.2. The lowest BCUT2D eigenvalue weighted by molar-refractivity contribution is -0.146. The molecule has 1 aliphatic heterocycles. The molecule has 2 saturated carbocycles. The maximum Gasteiger partial charge on any atom is 0.329 e. The summed E-state index contributed by atoms with van der Waals surface area (Å²) in [7, 11) is 0. The summed E-state index contributed by atoms with van der Waals surface area (Å²) in [5.74, 6) is -5.91. The molecule has 3 unspecified atom stereocenters. The number of aliphatic carboxylic acids is 1. The topological polar surface area (TPSA) is 207 Å². The van der Waals surface area contributed by atoms with Crippen LogP contribution in [0, 0.1) is 23.7 Å². The monoisotopic (exact) mass is 731 g/mol. The van der Waals surface area contributed by atoms with Gasteiger partial charge in [0.15, 0.2) is 11.6 Å². The number of amides is 3. The number of carboxylic acid groups (broad SMARTS) is 1. The maximum absolute atomic E-state index is 14.5. The Morgan fingerprint density at radius 1 is 0.865 bits per heavy atom. The fraction of sp³-hybridized carbons (Fsp3) is 0.795. The molecular weight excluding hydrogens is 670 g/mol. The first-order valence-corrected chi connectivity index (χ1v) is 19.7. The minimum Gasteiger partial charge on any atom is -0.480 e. The van der Waals surface area contributed by atoms with E-state index in [1.807, 2.05) is 13.8 Å². The van der Waals surface area contributed by atoms with E-state index in [2.05, 4.69) is 5.32 Å². The summed E-state index contributed by atoms with van der Waals surface area (Å²) in [5, 5.41) is 11.8. The van der Waals surface area contributed by atoms with Crippen LogP contribution in [0.15, 0.2) is 0 Å². The zero-order valence-corrected chi connectivity index (χ0v) is 31.2. The predicted molar refractivity (Wildman–Crippen MR) is 192 cm³/mol. The molecule has 0 aromatic heterocycles. The lowest BCUT2D eigenvalue weighted by Crippen LogP contribution is -2.47. The highest BCUT2D eigenvalue weighted by molar-refractivity contribution is 6.38. The van der Waals surface area contributed by atoms with Crippen molar-refractivity contribution in [3.05, 3.63) is 0 Å². The molecule has 1 saturated heterocycles. The lowest BCUT2D eigenvalue weighted by Gasteiger charge is -2.34. The summed E-state index contributed by atoms with van der Waals surface area (Å²) in [4.78, 5) is 105. The van der Waals surface area contributed by atoms with E-state index in [1.165, 1.54) is 4.90 Å². The second-order valence-electron chi connectivity index (χ2n) is 15.3. The van der Waals surface area contributed by atoms with Crippen molar-refractivity contribution in [3.63, 3.8) is 0 Å². The smallest absolute Gasteiger partial charge is 0.329 e. The van der Waals surface area contributed by atoms with Gasteiger partial charge in [-0.25, -0.2) is 4.79 Å². The van der Waals surface area contributed by atoms with Crippen LogP contribution in [0.2, 0.25) is 0 Å². The van der Waals surface area contributed by atoms with Gasteiger partial charge in [-0.2, -0.15) is 0 Å². The van der Waals surface area contributed by atoms with Gasteiger partial charge >= 0.3 is 5.97 Å². The first-order valence-electron chi connectivity index (χ1n) is 19.7. The number of carboxylic acids is 1. The third kappa shape index (κ3) is 13.5. The number of primary amides is 1. The highest BCUT2D eigenvalue weighted by atomic mass is 16.5. The molecule has 3 rings (SSSR count). The van der Waals surface area contributed by atoms with Gasteiger partial charge in [0.2, 0.25) is 23.5 Å². The SMILES string of the molecule is CCCCC(NC(=O)CCC(=O)C(=O)C(CCC)CC(=O)[C@@H]1C[C@@H](OCC(=O)O)CN1C(=O)C(CC(=O)CC1CCCC1)C1CCCCC1)C(N)=O. The van der Waals surface area contributed by atoms with E-state index in [1.54, 1.807) is 0 Å². The highest BCUT2D eigenvalue weighted by Gasteiger charge is 2.45. The molecule has 13 heteroatoms. The minimum absolute atomic E-state index is 0.00217. The van der Waals surface area contributed by atoms with Crippen LogP contribution >= 0.6 is 0 Å².